The first-order valence-electron chi connectivity index (χ1n) is 4.12. The van der Waals surface area contributed by atoms with Crippen LogP contribution in [0.15, 0.2) is 0 Å². The number of carbonyl (C=O) groups excluding carboxylic acids is 2. The molecule has 0 aromatic rings. The Morgan fingerprint density at radius 2 is 1.16 bits per heavy atom. The lowest BCUT2D eigenvalue weighted by Crippen LogP contribution is -2.39. The second-order valence-electron chi connectivity index (χ2n) is 1.99. The van der Waals surface area contributed by atoms with Gasteiger partial charge in [-0.15, -0.1) is 13.2 Å². The number of aliphatic hydroxyl groups is 1. The second kappa shape index (κ2) is 36.0. The summed E-state index contributed by atoms with van der Waals surface area (Å²) in [5.74, 6) is -3.43. The van der Waals surface area contributed by atoms with Crippen molar-refractivity contribution in [2.75, 3.05) is 13.2 Å². The predicted molar refractivity (Wildman–Crippen MR) is 65.7 cm³/mol. The number of hydrogen-bond donors (Lipinski definition) is 5. The maximum absolute atomic E-state index is 9.58. The van der Waals surface area contributed by atoms with Crippen molar-refractivity contribution >= 4 is 11.9 Å². The summed E-state index contributed by atoms with van der Waals surface area (Å²) >= 11 is 0. The number of hydrogen-bond acceptors (Lipinski definition) is 7. The molecule has 0 amide bonds. The van der Waals surface area contributed by atoms with E-state index in [-0.39, 0.29) is 37.8 Å². The summed E-state index contributed by atoms with van der Waals surface area (Å²) in [6, 6.07) is 0. The Morgan fingerprint density at radius 3 is 1.21 bits per heavy atom. The van der Waals surface area contributed by atoms with Crippen molar-refractivity contribution in [3.63, 3.8) is 0 Å². The molecule has 0 aliphatic rings. The second-order valence-corrected chi connectivity index (χ2v) is 1.99. The molecule has 0 radical (unpaired) electrons. The SMILES string of the molecule is CC[O-].CC[O-].O=C([O-])CC(O)C(=O)[O-].[NH4+].[NH4+].[NH4+].[NH4+]. The minimum Gasteiger partial charge on any atom is -0.855 e. The van der Waals surface area contributed by atoms with E-state index in [1.807, 2.05) is 0 Å². The first kappa shape index (κ1) is 43.1. The maximum Gasteiger partial charge on any atom is 0.0985 e. The van der Waals surface area contributed by atoms with Crippen LogP contribution in [0.4, 0.5) is 0 Å². The van der Waals surface area contributed by atoms with Crippen molar-refractivity contribution in [2.24, 2.45) is 0 Å². The Balaban J connectivity index is -0.0000000252. The topological polar surface area (TPSA) is 293 Å². The van der Waals surface area contributed by atoms with Crippen LogP contribution in [-0.4, -0.2) is 36.4 Å². The van der Waals surface area contributed by atoms with Gasteiger partial charge < -0.3 is 59.7 Å². The molecule has 11 nitrogen and oxygen atoms in total. The van der Waals surface area contributed by atoms with Crippen molar-refractivity contribution in [2.45, 2.75) is 26.4 Å². The van der Waals surface area contributed by atoms with E-state index >= 15 is 0 Å². The largest absolute Gasteiger partial charge is 0.855 e. The van der Waals surface area contributed by atoms with Crippen LogP contribution in [0.3, 0.4) is 0 Å². The maximum atomic E-state index is 9.58. The highest BCUT2D eigenvalue weighted by Gasteiger charge is 2.03. The molecular formula is C8H30N4O7. The lowest BCUT2D eigenvalue weighted by atomic mass is 10.3. The van der Waals surface area contributed by atoms with Gasteiger partial charge in [0.15, 0.2) is 0 Å². The van der Waals surface area contributed by atoms with E-state index in [4.69, 9.17) is 15.3 Å². The van der Waals surface area contributed by atoms with E-state index in [1.54, 1.807) is 13.8 Å². The van der Waals surface area contributed by atoms with Gasteiger partial charge in [0.2, 0.25) is 0 Å². The van der Waals surface area contributed by atoms with E-state index in [0.717, 1.165) is 0 Å². The minimum absolute atomic E-state index is 0. The van der Waals surface area contributed by atoms with Crippen LogP contribution in [-0.2, 0) is 9.59 Å². The molecule has 0 saturated heterocycles. The van der Waals surface area contributed by atoms with Gasteiger partial charge in [-0.3, -0.25) is 0 Å². The average Bonchev–Trinajstić information content (AvgIpc) is 2.05. The van der Waals surface area contributed by atoms with E-state index in [2.05, 4.69) is 0 Å². The van der Waals surface area contributed by atoms with Crippen molar-refractivity contribution in [3.05, 3.63) is 0 Å². The van der Waals surface area contributed by atoms with Gasteiger partial charge in [-0.25, -0.2) is 0 Å². The fraction of sp³-hybridized carbons (Fsp3) is 0.750. The summed E-state index contributed by atoms with van der Waals surface area (Å²) in [5.41, 5.74) is 0. The molecule has 1 atom stereocenters. The highest BCUT2D eigenvalue weighted by Crippen LogP contribution is 1.85. The van der Waals surface area contributed by atoms with Gasteiger partial charge in [0.25, 0.3) is 0 Å². The molecule has 0 aromatic carbocycles. The third-order valence-electron chi connectivity index (χ3n) is 0.632. The van der Waals surface area contributed by atoms with E-state index in [0.29, 0.717) is 0 Å². The molecule has 1 unspecified atom stereocenters. The van der Waals surface area contributed by atoms with Gasteiger partial charge in [0, 0.05) is 12.4 Å². The van der Waals surface area contributed by atoms with E-state index < -0.39 is 24.5 Å². The van der Waals surface area contributed by atoms with Crippen LogP contribution >= 0.6 is 0 Å². The van der Waals surface area contributed by atoms with Crippen molar-refractivity contribution in [3.8, 4) is 0 Å². The van der Waals surface area contributed by atoms with Gasteiger partial charge in [0.05, 0.1) is 12.1 Å². The lowest BCUT2D eigenvalue weighted by Gasteiger charge is -2.10. The van der Waals surface area contributed by atoms with Gasteiger partial charge >= 0.3 is 0 Å². The molecule has 124 valence electrons. The van der Waals surface area contributed by atoms with Crippen LogP contribution < -0.4 is 45.0 Å². The van der Waals surface area contributed by atoms with Crippen LogP contribution in [0, 0.1) is 0 Å². The van der Waals surface area contributed by atoms with E-state index in [9.17, 15) is 19.8 Å². The Kier molecular flexibility index (Phi) is 81.6. The normalized spacial score (nSPS) is 7.84. The number of carboxylic acids is 2. The number of quaternary nitrogens is 4. The highest BCUT2D eigenvalue weighted by atomic mass is 16.4. The van der Waals surface area contributed by atoms with Crippen LogP contribution in [0.2, 0.25) is 0 Å². The summed E-state index contributed by atoms with van der Waals surface area (Å²) in [6.45, 7) is 3.14. The summed E-state index contributed by atoms with van der Waals surface area (Å²) < 4.78 is 0. The standard InChI is InChI=1S/C4H6O5.2C2H5O.4H3N/c5-2(4(8)9)1-3(6)7;2*1-2-3;;;;/h2,5H,1H2,(H,6,7)(H,8,9);2*2H2,1H3;4*1H3/q;2*-1;;;;/p+2. The Morgan fingerprint density at radius 1 is 0.947 bits per heavy atom. The van der Waals surface area contributed by atoms with Crippen molar-refractivity contribution in [1.82, 2.24) is 24.6 Å². The fourth-order valence-electron chi connectivity index (χ4n) is 0.241. The lowest BCUT2D eigenvalue weighted by molar-refractivity contribution is -0.362. The first-order chi connectivity index (χ1) is 6.87. The summed E-state index contributed by atoms with van der Waals surface area (Å²) in [4.78, 5) is 19.1. The summed E-state index contributed by atoms with van der Waals surface area (Å²) in [5, 5.41) is 45.2. The van der Waals surface area contributed by atoms with Gasteiger partial charge in [-0.1, -0.05) is 13.8 Å². The zero-order chi connectivity index (χ0) is 12.9. The molecule has 17 N–H and O–H groups in total. The van der Waals surface area contributed by atoms with Gasteiger partial charge in [-0.2, -0.15) is 0 Å². The molecule has 0 saturated carbocycles. The van der Waals surface area contributed by atoms with Crippen LogP contribution in [0.5, 0.6) is 0 Å². The van der Waals surface area contributed by atoms with Crippen molar-refractivity contribution < 1.29 is 35.1 Å². The third kappa shape index (κ3) is 80.7. The quantitative estimate of drug-likeness (QED) is 0.348. The van der Waals surface area contributed by atoms with Crippen LogP contribution in [0.1, 0.15) is 20.3 Å². The molecule has 0 spiro atoms. The molecule has 11 heteroatoms. The third-order valence-corrected chi connectivity index (χ3v) is 0.632. The highest BCUT2D eigenvalue weighted by molar-refractivity contribution is 5.76. The molecule has 0 heterocycles. The van der Waals surface area contributed by atoms with E-state index in [1.165, 1.54) is 0 Å². The first-order valence-corrected chi connectivity index (χ1v) is 4.12. The van der Waals surface area contributed by atoms with Gasteiger partial charge in [-0.05, 0) is 0 Å². The molecule has 19 heavy (non-hydrogen) atoms. The molecule has 0 bridgehead atoms. The molecule has 0 aromatic heterocycles. The molecule has 0 aliphatic carbocycles. The van der Waals surface area contributed by atoms with Gasteiger partial charge in [0.1, 0.15) is 0 Å². The molecular weight excluding hydrogens is 264 g/mol. The Bertz CT molecular complexity index is 169. The summed E-state index contributed by atoms with van der Waals surface area (Å²) in [7, 11) is 0. The number of aliphatic hydroxyl groups excluding tert-OH is 1. The number of carbonyl (C=O) groups is 2. The minimum atomic E-state index is -1.96. The number of aliphatic carboxylic acids is 2. The average molecular weight is 294 g/mol. The fourth-order valence-corrected chi connectivity index (χ4v) is 0.241. The number of carboxylic acid groups (broad SMARTS) is 2. The zero-order valence-electron chi connectivity index (χ0n) is 12.6. The number of rotatable bonds is 3. The smallest absolute Gasteiger partial charge is 0.0985 e. The molecule has 0 rings (SSSR count). The zero-order valence-corrected chi connectivity index (χ0v) is 12.6. The van der Waals surface area contributed by atoms with Crippen LogP contribution in [0.25, 0.3) is 0 Å². The molecule has 0 aliphatic heterocycles. The Labute approximate surface area is 112 Å². The Hall–Kier alpha value is -1.34. The molecule has 0 fully saturated rings. The van der Waals surface area contributed by atoms with Crippen molar-refractivity contribution in [1.29, 1.82) is 0 Å². The summed E-state index contributed by atoms with van der Waals surface area (Å²) in [6.07, 6.45) is -2.89. The predicted octanol–water partition coefficient (Wildman–Crippen LogP) is -3.52. The monoisotopic (exact) mass is 294 g/mol.